The van der Waals surface area contributed by atoms with Crippen LogP contribution in [0.4, 0.5) is 0 Å². The van der Waals surface area contributed by atoms with E-state index in [1.54, 1.807) is 20.3 Å². The normalized spacial score (nSPS) is 17.8. The van der Waals surface area contributed by atoms with Gasteiger partial charge in [-0.05, 0) is 18.9 Å². The fourth-order valence-corrected chi connectivity index (χ4v) is 4.16. The Labute approximate surface area is 188 Å². The van der Waals surface area contributed by atoms with Crippen molar-refractivity contribution in [3.8, 4) is 17.4 Å². The first-order chi connectivity index (χ1) is 15.7. The highest BCUT2D eigenvalue weighted by Crippen LogP contribution is 2.35. The largest absolute Gasteiger partial charge is 0.493 e. The summed E-state index contributed by atoms with van der Waals surface area (Å²) in [5.74, 6) is 2.18. The first-order valence-electron chi connectivity index (χ1n) is 11.3. The number of likely N-dealkylation sites (tertiary alicyclic amines) is 1. The van der Waals surface area contributed by atoms with Crippen LogP contribution in [0.25, 0.3) is 10.9 Å². The molecule has 0 spiro atoms. The summed E-state index contributed by atoms with van der Waals surface area (Å²) in [5.41, 5.74) is 0.693. The third-order valence-electron chi connectivity index (χ3n) is 5.97. The van der Waals surface area contributed by atoms with Crippen LogP contribution in [0.5, 0.6) is 17.4 Å². The smallest absolute Gasteiger partial charge is 0.260 e. The predicted molar refractivity (Wildman–Crippen MR) is 119 cm³/mol. The summed E-state index contributed by atoms with van der Waals surface area (Å²) in [6.07, 6.45) is 4.44. The second kappa shape index (κ2) is 10.8. The number of methoxy groups -OCH3 is 2. The first-order valence-corrected chi connectivity index (χ1v) is 11.3. The Kier molecular flexibility index (Phi) is 7.59. The lowest BCUT2D eigenvalue weighted by Gasteiger charge is -2.26. The lowest BCUT2D eigenvalue weighted by Crippen LogP contribution is -2.36. The van der Waals surface area contributed by atoms with Gasteiger partial charge in [0.25, 0.3) is 5.91 Å². The van der Waals surface area contributed by atoms with Gasteiger partial charge in [0.2, 0.25) is 5.88 Å². The minimum Gasteiger partial charge on any atom is -0.493 e. The van der Waals surface area contributed by atoms with E-state index in [0.29, 0.717) is 53.9 Å². The third kappa shape index (κ3) is 5.39. The minimum atomic E-state index is -0.0442. The average molecular weight is 445 g/mol. The van der Waals surface area contributed by atoms with Gasteiger partial charge in [0.1, 0.15) is 5.82 Å². The molecule has 0 N–H and O–H groups in total. The number of fused-ring (bicyclic) bond motifs is 1. The molecule has 9 nitrogen and oxygen atoms in total. The predicted octanol–water partition coefficient (Wildman–Crippen LogP) is 2.26. The molecule has 1 amide bonds. The standard InChI is InChI=1S/C23H32N4O5/c1-29-19-13-17-18(14-20(19)30-2)24-21(15-26-9-11-31-12-10-26)25-23(17)32-16-22(28)27-7-5-3-4-6-8-27/h13-14H,3-12,15-16H2,1-2H3. The molecule has 0 atom stereocenters. The van der Waals surface area contributed by atoms with Crippen molar-refractivity contribution < 1.29 is 23.7 Å². The number of hydrogen-bond donors (Lipinski definition) is 0. The molecule has 3 heterocycles. The molecular weight excluding hydrogens is 412 g/mol. The van der Waals surface area contributed by atoms with E-state index in [1.165, 1.54) is 12.8 Å². The summed E-state index contributed by atoms with van der Waals surface area (Å²) in [7, 11) is 3.18. The van der Waals surface area contributed by atoms with Gasteiger partial charge in [-0.3, -0.25) is 9.69 Å². The summed E-state index contributed by atoms with van der Waals surface area (Å²) >= 11 is 0. The Morgan fingerprint density at radius 3 is 2.34 bits per heavy atom. The maximum absolute atomic E-state index is 12.8. The summed E-state index contributed by atoms with van der Waals surface area (Å²) in [6, 6.07) is 3.63. The zero-order valence-electron chi connectivity index (χ0n) is 19.0. The molecule has 0 aliphatic carbocycles. The van der Waals surface area contributed by atoms with Crippen LogP contribution in [-0.4, -0.2) is 85.9 Å². The van der Waals surface area contributed by atoms with Crippen LogP contribution in [0.3, 0.4) is 0 Å². The number of nitrogens with zero attached hydrogens (tertiary/aromatic N) is 4. The average Bonchev–Trinajstić information content (AvgIpc) is 3.12. The number of morpholine rings is 1. The number of hydrogen-bond acceptors (Lipinski definition) is 8. The molecule has 9 heteroatoms. The van der Waals surface area contributed by atoms with Gasteiger partial charge in [-0.25, -0.2) is 4.98 Å². The van der Waals surface area contributed by atoms with Gasteiger partial charge in [0.05, 0.1) is 44.9 Å². The van der Waals surface area contributed by atoms with E-state index in [4.69, 9.17) is 23.9 Å². The molecule has 0 unspecified atom stereocenters. The van der Waals surface area contributed by atoms with Crippen LogP contribution in [0.1, 0.15) is 31.5 Å². The molecule has 1 aromatic carbocycles. The molecule has 0 saturated carbocycles. The Hall–Kier alpha value is -2.65. The molecule has 1 aromatic heterocycles. The zero-order chi connectivity index (χ0) is 22.3. The lowest BCUT2D eigenvalue weighted by atomic mass is 10.2. The topological polar surface area (TPSA) is 86.2 Å². The Balaban J connectivity index is 1.60. The molecule has 2 saturated heterocycles. The minimum absolute atomic E-state index is 0.00568. The SMILES string of the molecule is COc1cc2nc(CN3CCOCC3)nc(OCC(=O)N3CCCCCC3)c2cc1OC. The van der Waals surface area contributed by atoms with Crippen molar-refractivity contribution in [2.45, 2.75) is 32.2 Å². The lowest BCUT2D eigenvalue weighted by molar-refractivity contribution is -0.133. The van der Waals surface area contributed by atoms with E-state index in [1.807, 2.05) is 11.0 Å². The molecule has 0 bridgehead atoms. The van der Waals surface area contributed by atoms with E-state index in [-0.39, 0.29) is 12.5 Å². The van der Waals surface area contributed by atoms with E-state index in [2.05, 4.69) is 9.88 Å². The van der Waals surface area contributed by atoms with Gasteiger partial charge in [-0.1, -0.05) is 12.8 Å². The van der Waals surface area contributed by atoms with E-state index in [9.17, 15) is 4.79 Å². The van der Waals surface area contributed by atoms with Crippen LogP contribution in [0, 0.1) is 0 Å². The van der Waals surface area contributed by atoms with Gasteiger partial charge < -0.3 is 23.8 Å². The van der Waals surface area contributed by atoms with E-state index >= 15 is 0 Å². The Morgan fingerprint density at radius 1 is 0.969 bits per heavy atom. The maximum atomic E-state index is 12.8. The zero-order valence-corrected chi connectivity index (χ0v) is 19.0. The van der Waals surface area contributed by atoms with Crippen molar-refractivity contribution >= 4 is 16.8 Å². The van der Waals surface area contributed by atoms with Gasteiger partial charge in [0, 0.05) is 32.2 Å². The molecule has 174 valence electrons. The fraction of sp³-hybridized carbons (Fsp3) is 0.609. The monoisotopic (exact) mass is 444 g/mol. The van der Waals surface area contributed by atoms with Crippen molar-refractivity contribution in [1.29, 1.82) is 0 Å². The highest BCUT2D eigenvalue weighted by molar-refractivity contribution is 5.87. The van der Waals surface area contributed by atoms with Gasteiger partial charge in [0.15, 0.2) is 18.1 Å². The number of rotatable bonds is 7. The number of carbonyl (C=O) groups excluding carboxylic acids is 1. The second-order valence-electron chi connectivity index (χ2n) is 8.14. The van der Waals surface area contributed by atoms with E-state index in [0.717, 1.165) is 39.0 Å². The van der Waals surface area contributed by atoms with Crippen molar-refractivity contribution in [2.75, 3.05) is 60.2 Å². The quantitative estimate of drug-likeness (QED) is 0.643. The number of aromatic nitrogens is 2. The van der Waals surface area contributed by atoms with Crippen LogP contribution >= 0.6 is 0 Å². The van der Waals surface area contributed by atoms with Crippen LogP contribution in [-0.2, 0) is 16.1 Å². The highest BCUT2D eigenvalue weighted by atomic mass is 16.5. The summed E-state index contributed by atoms with van der Waals surface area (Å²) in [5, 5.41) is 0.692. The second-order valence-corrected chi connectivity index (χ2v) is 8.14. The van der Waals surface area contributed by atoms with Crippen LogP contribution in [0.15, 0.2) is 12.1 Å². The van der Waals surface area contributed by atoms with Crippen molar-refractivity contribution in [3.63, 3.8) is 0 Å². The Morgan fingerprint density at radius 2 is 1.66 bits per heavy atom. The van der Waals surface area contributed by atoms with Gasteiger partial charge >= 0.3 is 0 Å². The molecule has 2 aliphatic rings. The summed E-state index contributed by atoms with van der Waals surface area (Å²) < 4.78 is 22.3. The molecule has 0 radical (unpaired) electrons. The number of benzene rings is 1. The molecule has 2 fully saturated rings. The number of amides is 1. The fourth-order valence-electron chi connectivity index (χ4n) is 4.16. The van der Waals surface area contributed by atoms with Crippen molar-refractivity contribution in [3.05, 3.63) is 18.0 Å². The van der Waals surface area contributed by atoms with Gasteiger partial charge in [-0.15, -0.1) is 0 Å². The molecule has 2 aromatic rings. The van der Waals surface area contributed by atoms with Crippen LogP contribution < -0.4 is 14.2 Å². The highest BCUT2D eigenvalue weighted by Gasteiger charge is 2.20. The van der Waals surface area contributed by atoms with Crippen molar-refractivity contribution in [1.82, 2.24) is 19.8 Å². The van der Waals surface area contributed by atoms with Crippen molar-refractivity contribution in [2.24, 2.45) is 0 Å². The summed E-state index contributed by atoms with van der Waals surface area (Å²) in [6.45, 7) is 5.19. The molecule has 4 rings (SSSR count). The first kappa shape index (κ1) is 22.5. The van der Waals surface area contributed by atoms with E-state index < -0.39 is 0 Å². The third-order valence-corrected chi connectivity index (χ3v) is 5.97. The van der Waals surface area contributed by atoms with Gasteiger partial charge in [-0.2, -0.15) is 4.98 Å². The molecular formula is C23H32N4O5. The molecule has 2 aliphatic heterocycles. The molecule has 32 heavy (non-hydrogen) atoms. The maximum Gasteiger partial charge on any atom is 0.260 e. The number of carbonyl (C=O) groups is 1. The number of ether oxygens (including phenoxy) is 4. The summed E-state index contributed by atoms with van der Waals surface area (Å²) in [4.78, 5) is 26.3. The Bertz CT molecular complexity index is 924. The van der Waals surface area contributed by atoms with Crippen LogP contribution in [0.2, 0.25) is 0 Å².